The molecule has 1 heterocycles. The first-order chi connectivity index (χ1) is 9.11. The number of carbonyl (C=O) groups is 1. The van der Waals surface area contributed by atoms with E-state index in [4.69, 9.17) is 0 Å². The van der Waals surface area contributed by atoms with Gasteiger partial charge in [-0.05, 0) is 52.5 Å². The zero-order chi connectivity index (χ0) is 13.8. The summed E-state index contributed by atoms with van der Waals surface area (Å²) in [7, 11) is 0. The number of rotatable bonds is 3. The summed E-state index contributed by atoms with van der Waals surface area (Å²) in [6.07, 6.45) is 0.878. The Balaban J connectivity index is 2.29. The molecule has 19 heavy (non-hydrogen) atoms. The van der Waals surface area contributed by atoms with Gasteiger partial charge in [-0.1, -0.05) is 31.2 Å². The predicted octanol–water partition coefficient (Wildman–Crippen LogP) is 3.97. The van der Waals surface area contributed by atoms with Crippen LogP contribution in [0.2, 0.25) is 0 Å². The van der Waals surface area contributed by atoms with E-state index in [1.54, 1.807) is 18.2 Å². The second kappa shape index (κ2) is 5.97. The standard InChI is InChI=1S/C15H15BrN2O/c1-3-11-7-4-6-10(2)14(11)18-15(19)12-8-5-9-13(16)17-12/h4-9H,3H2,1-2H3,(H,18,19). The molecule has 0 fully saturated rings. The average Bonchev–Trinajstić information content (AvgIpc) is 2.41. The van der Waals surface area contributed by atoms with Crippen molar-refractivity contribution in [3.05, 3.63) is 57.8 Å². The smallest absolute Gasteiger partial charge is 0.274 e. The lowest BCUT2D eigenvalue weighted by Gasteiger charge is -2.12. The largest absolute Gasteiger partial charge is 0.320 e. The maximum Gasteiger partial charge on any atom is 0.274 e. The van der Waals surface area contributed by atoms with Gasteiger partial charge in [0.15, 0.2) is 0 Å². The molecule has 4 heteroatoms. The van der Waals surface area contributed by atoms with Crippen LogP contribution in [-0.2, 0) is 6.42 Å². The van der Waals surface area contributed by atoms with Gasteiger partial charge in [0.25, 0.3) is 5.91 Å². The number of aryl methyl sites for hydroxylation is 2. The van der Waals surface area contributed by atoms with Crippen molar-refractivity contribution in [1.29, 1.82) is 0 Å². The predicted molar refractivity (Wildman–Crippen MR) is 80.4 cm³/mol. The van der Waals surface area contributed by atoms with Gasteiger partial charge in [0.1, 0.15) is 10.3 Å². The number of aromatic nitrogens is 1. The zero-order valence-corrected chi connectivity index (χ0v) is 12.5. The Morgan fingerprint density at radius 3 is 2.68 bits per heavy atom. The Morgan fingerprint density at radius 1 is 1.26 bits per heavy atom. The molecule has 0 bridgehead atoms. The van der Waals surface area contributed by atoms with Crippen molar-refractivity contribution in [2.45, 2.75) is 20.3 Å². The van der Waals surface area contributed by atoms with Gasteiger partial charge in [0.2, 0.25) is 0 Å². The van der Waals surface area contributed by atoms with E-state index in [0.29, 0.717) is 10.3 Å². The molecule has 1 N–H and O–H groups in total. The molecule has 0 saturated carbocycles. The Hall–Kier alpha value is -1.68. The summed E-state index contributed by atoms with van der Waals surface area (Å²) in [5.74, 6) is -0.190. The normalized spacial score (nSPS) is 10.3. The fourth-order valence-electron chi connectivity index (χ4n) is 1.91. The molecule has 0 spiro atoms. The van der Waals surface area contributed by atoms with Crippen LogP contribution in [0, 0.1) is 6.92 Å². The third-order valence-electron chi connectivity index (χ3n) is 2.93. The van der Waals surface area contributed by atoms with Gasteiger partial charge in [-0.3, -0.25) is 4.79 Å². The van der Waals surface area contributed by atoms with Crippen LogP contribution >= 0.6 is 15.9 Å². The molecule has 0 aliphatic heterocycles. The van der Waals surface area contributed by atoms with Crippen molar-refractivity contribution in [2.75, 3.05) is 5.32 Å². The highest BCUT2D eigenvalue weighted by molar-refractivity contribution is 9.10. The van der Waals surface area contributed by atoms with Crippen LogP contribution in [0.1, 0.15) is 28.5 Å². The van der Waals surface area contributed by atoms with Crippen molar-refractivity contribution in [3.63, 3.8) is 0 Å². The van der Waals surface area contributed by atoms with Gasteiger partial charge in [-0.2, -0.15) is 0 Å². The minimum Gasteiger partial charge on any atom is -0.320 e. The molecule has 0 aliphatic carbocycles. The van der Waals surface area contributed by atoms with Crippen LogP contribution in [0.15, 0.2) is 41.0 Å². The summed E-state index contributed by atoms with van der Waals surface area (Å²) in [5.41, 5.74) is 3.47. The molecule has 1 aromatic heterocycles. The van der Waals surface area contributed by atoms with Crippen LogP contribution in [0.3, 0.4) is 0 Å². The highest BCUT2D eigenvalue weighted by Crippen LogP contribution is 2.21. The first kappa shape index (κ1) is 13.7. The maximum absolute atomic E-state index is 12.2. The summed E-state index contributed by atoms with van der Waals surface area (Å²) in [5, 5.41) is 2.95. The SMILES string of the molecule is CCc1cccc(C)c1NC(=O)c1cccc(Br)n1. The monoisotopic (exact) mass is 318 g/mol. The Labute approximate surface area is 121 Å². The lowest BCUT2D eigenvalue weighted by atomic mass is 10.1. The second-order valence-electron chi connectivity index (χ2n) is 4.26. The summed E-state index contributed by atoms with van der Waals surface area (Å²) in [4.78, 5) is 16.4. The Kier molecular flexibility index (Phi) is 4.32. The fourth-order valence-corrected chi connectivity index (χ4v) is 2.26. The van der Waals surface area contributed by atoms with Crippen molar-refractivity contribution in [3.8, 4) is 0 Å². The van der Waals surface area contributed by atoms with Crippen molar-refractivity contribution in [2.24, 2.45) is 0 Å². The van der Waals surface area contributed by atoms with Crippen LogP contribution < -0.4 is 5.32 Å². The zero-order valence-electron chi connectivity index (χ0n) is 10.9. The molecular weight excluding hydrogens is 304 g/mol. The number of hydrogen-bond donors (Lipinski definition) is 1. The van der Waals surface area contributed by atoms with Crippen molar-refractivity contribution < 1.29 is 4.79 Å². The number of carbonyl (C=O) groups excluding carboxylic acids is 1. The Morgan fingerprint density at radius 2 is 2.00 bits per heavy atom. The minimum atomic E-state index is -0.190. The molecule has 0 unspecified atom stereocenters. The number of nitrogens with zero attached hydrogens (tertiary/aromatic N) is 1. The van der Waals surface area contributed by atoms with Crippen LogP contribution in [0.4, 0.5) is 5.69 Å². The van der Waals surface area contributed by atoms with E-state index in [-0.39, 0.29) is 5.91 Å². The molecule has 3 nitrogen and oxygen atoms in total. The fraction of sp³-hybridized carbons (Fsp3) is 0.200. The number of nitrogens with one attached hydrogen (secondary N) is 1. The number of para-hydroxylation sites is 1. The summed E-state index contributed by atoms with van der Waals surface area (Å²) in [6.45, 7) is 4.06. The van der Waals surface area contributed by atoms with E-state index in [1.165, 1.54) is 0 Å². The highest BCUT2D eigenvalue weighted by atomic mass is 79.9. The lowest BCUT2D eigenvalue weighted by Crippen LogP contribution is -2.15. The van der Waals surface area contributed by atoms with Gasteiger partial charge < -0.3 is 5.32 Å². The number of pyridine rings is 1. The molecule has 0 atom stereocenters. The molecule has 0 aliphatic rings. The van der Waals surface area contributed by atoms with E-state index < -0.39 is 0 Å². The quantitative estimate of drug-likeness (QED) is 0.870. The summed E-state index contributed by atoms with van der Waals surface area (Å²) in [6, 6.07) is 11.3. The lowest BCUT2D eigenvalue weighted by molar-refractivity contribution is 0.102. The molecule has 0 radical (unpaired) electrons. The first-order valence-electron chi connectivity index (χ1n) is 6.14. The molecule has 98 valence electrons. The molecule has 1 amide bonds. The average molecular weight is 319 g/mol. The highest BCUT2D eigenvalue weighted by Gasteiger charge is 2.11. The number of amides is 1. The van der Waals surface area contributed by atoms with E-state index in [1.807, 2.05) is 25.1 Å². The molecule has 2 aromatic rings. The maximum atomic E-state index is 12.2. The molecule has 2 rings (SSSR count). The second-order valence-corrected chi connectivity index (χ2v) is 5.07. The van der Waals surface area contributed by atoms with Gasteiger partial charge in [-0.25, -0.2) is 4.98 Å². The van der Waals surface area contributed by atoms with Gasteiger partial charge >= 0.3 is 0 Å². The van der Waals surface area contributed by atoms with E-state index in [0.717, 1.165) is 23.2 Å². The topological polar surface area (TPSA) is 42.0 Å². The van der Waals surface area contributed by atoms with Crippen LogP contribution in [-0.4, -0.2) is 10.9 Å². The third-order valence-corrected chi connectivity index (χ3v) is 3.37. The van der Waals surface area contributed by atoms with Gasteiger partial charge in [-0.15, -0.1) is 0 Å². The number of halogens is 1. The van der Waals surface area contributed by atoms with Gasteiger partial charge in [0, 0.05) is 5.69 Å². The Bertz CT molecular complexity index is 611. The van der Waals surface area contributed by atoms with Crippen LogP contribution in [0.5, 0.6) is 0 Å². The minimum absolute atomic E-state index is 0.190. The molecular formula is C15H15BrN2O. The van der Waals surface area contributed by atoms with Crippen LogP contribution in [0.25, 0.3) is 0 Å². The first-order valence-corrected chi connectivity index (χ1v) is 6.93. The van der Waals surface area contributed by atoms with Crippen molar-refractivity contribution in [1.82, 2.24) is 4.98 Å². The summed E-state index contributed by atoms with van der Waals surface area (Å²) >= 11 is 3.27. The van der Waals surface area contributed by atoms with Gasteiger partial charge in [0.05, 0.1) is 0 Å². The molecule has 0 saturated heterocycles. The van der Waals surface area contributed by atoms with E-state index in [2.05, 4.69) is 33.2 Å². The number of benzene rings is 1. The third kappa shape index (κ3) is 3.20. The van der Waals surface area contributed by atoms with E-state index in [9.17, 15) is 4.79 Å². The van der Waals surface area contributed by atoms with Crippen molar-refractivity contribution >= 4 is 27.5 Å². The molecule has 1 aromatic carbocycles. The van der Waals surface area contributed by atoms with E-state index >= 15 is 0 Å². The summed E-state index contributed by atoms with van der Waals surface area (Å²) < 4.78 is 0.653. The number of anilines is 1. The number of hydrogen-bond acceptors (Lipinski definition) is 2.